The van der Waals surface area contributed by atoms with Crippen molar-refractivity contribution in [1.82, 2.24) is 20.2 Å². The van der Waals surface area contributed by atoms with Crippen molar-refractivity contribution in [1.29, 1.82) is 0 Å². The van der Waals surface area contributed by atoms with E-state index in [1.54, 1.807) is 35.5 Å². The van der Waals surface area contributed by atoms with Gasteiger partial charge >= 0.3 is 6.09 Å². The summed E-state index contributed by atoms with van der Waals surface area (Å²) in [6.07, 6.45) is 4.34. The van der Waals surface area contributed by atoms with Crippen molar-refractivity contribution in [3.8, 4) is 16.3 Å². The molecule has 10 heteroatoms. The highest BCUT2D eigenvalue weighted by atomic mass is 35.5. The highest BCUT2D eigenvalue weighted by molar-refractivity contribution is 7.13. The number of nitrogens with one attached hydrogen (secondary N) is 1. The van der Waals surface area contributed by atoms with Crippen molar-refractivity contribution in [3.05, 3.63) is 64.4 Å². The highest BCUT2D eigenvalue weighted by Gasteiger charge is 2.39. The van der Waals surface area contributed by atoms with Gasteiger partial charge in [0.2, 0.25) is 0 Å². The Hall–Kier alpha value is -3.17. The Morgan fingerprint density at radius 3 is 2.94 bits per heavy atom. The predicted octanol–water partition coefficient (Wildman–Crippen LogP) is 4.15. The molecule has 170 valence electrons. The van der Waals surface area contributed by atoms with Crippen LogP contribution in [0.2, 0.25) is 5.02 Å². The normalized spacial score (nSPS) is 19.7. The number of cyclic esters (lactones) is 1. The molecule has 2 amide bonds. The minimum absolute atomic E-state index is 0.0172. The fourth-order valence-corrected chi connectivity index (χ4v) is 4.78. The lowest BCUT2D eigenvalue weighted by atomic mass is 10.0. The third kappa shape index (κ3) is 4.79. The van der Waals surface area contributed by atoms with Gasteiger partial charge < -0.3 is 19.7 Å². The van der Waals surface area contributed by atoms with E-state index in [4.69, 9.17) is 21.1 Å². The summed E-state index contributed by atoms with van der Waals surface area (Å²) in [5.74, 6) is 0.255. The van der Waals surface area contributed by atoms with Crippen LogP contribution in [0.1, 0.15) is 28.9 Å². The quantitative estimate of drug-likeness (QED) is 0.565. The lowest BCUT2D eigenvalue weighted by Crippen LogP contribution is -2.44. The molecule has 3 aromatic rings. The molecule has 4 heterocycles. The largest absolute Gasteiger partial charge is 0.489 e. The Morgan fingerprint density at radius 2 is 2.15 bits per heavy atom. The van der Waals surface area contributed by atoms with Crippen molar-refractivity contribution < 1.29 is 19.1 Å². The molecular formula is C23H21ClN4O4S. The molecule has 0 saturated carbocycles. The van der Waals surface area contributed by atoms with E-state index in [9.17, 15) is 9.59 Å². The van der Waals surface area contributed by atoms with E-state index in [1.165, 1.54) is 11.3 Å². The number of piperidine rings is 1. The number of pyridine rings is 1. The van der Waals surface area contributed by atoms with Gasteiger partial charge in [0.1, 0.15) is 29.2 Å². The second-order valence-corrected chi connectivity index (χ2v) is 9.23. The number of thiazole rings is 1. The molecule has 1 aromatic carbocycles. The second kappa shape index (κ2) is 9.36. The summed E-state index contributed by atoms with van der Waals surface area (Å²) in [6, 6.07) is 8.97. The summed E-state index contributed by atoms with van der Waals surface area (Å²) < 4.78 is 11.5. The number of hydrogen-bond donors (Lipinski definition) is 1. The van der Waals surface area contributed by atoms with Crippen molar-refractivity contribution in [2.24, 2.45) is 0 Å². The van der Waals surface area contributed by atoms with Gasteiger partial charge in [-0.1, -0.05) is 23.7 Å². The van der Waals surface area contributed by atoms with Crippen molar-refractivity contribution in [2.45, 2.75) is 31.5 Å². The van der Waals surface area contributed by atoms with E-state index < -0.39 is 0 Å². The molecule has 0 unspecified atom stereocenters. The summed E-state index contributed by atoms with van der Waals surface area (Å²) in [6.45, 7) is 1.32. The number of ether oxygens (including phenoxy) is 2. The zero-order valence-corrected chi connectivity index (χ0v) is 19.1. The maximum atomic E-state index is 12.8. The molecule has 33 heavy (non-hydrogen) atoms. The van der Waals surface area contributed by atoms with Crippen LogP contribution in [-0.2, 0) is 11.3 Å². The summed E-state index contributed by atoms with van der Waals surface area (Å²) in [4.78, 5) is 35.1. The zero-order valence-electron chi connectivity index (χ0n) is 17.6. The molecule has 2 fully saturated rings. The average Bonchev–Trinajstić information content (AvgIpc) is 3.49. The topological polar surface area (TPSA) is 93.7 Å². The van der Waals surface area contributed by atoms with Crippen LogP contribution in [0.3, 0.4) is 0 Å². The van der Waals surface area contributed by atoms with Crippen LogP contribution in [0.15, 0.2) is 48.1 Å². The molecule has 0 bridgehead atoms. The molecule has 2 aliphatic heterocycles. The van der Waals surface area contributed by atoms with Gasteiger partial charge in [0.05, 0.1) is 11.6 Å². The monoisotopic (exact) mass is 484 g/mol. The fourth-order valence-electron chi connectivity index (χ4n) is 4.00. The van der Waals surface area contributed by atoms with E-state index in [-0.39, 0.29) is 29.8 Å². The van der Waals surface area contributed by atoms with Crippen LogP contribution in [-0.4, -0.2) is 52.2 Å². The van der Waals surface area contributed by atoms with Crippen molar-refractivity contribution in [2.75, 3.05) is 13.2 Å². The van der Waals surface area contributed by atoms with Gasteiger partial charge in [-0.3, -0.25) is 9.78 Å². The summed E-state index contributed by atoms with van der Waals surface area (Å²) in [5.41, 5.74) is 1.93. The molecule has 2 aliphatic rings. The SMILES string of the molecule is O=C(NCc1ccc(Cl)cc1)c1cc(O[C@H]2CCN3C(=O)OC[C@@H]3C2)c(-c2nccs2)cn1. The number of halogens is 1. The van der Waals surface area contributed by atoms with Gasteiger partial charge in [0, 0.05) is 54.8 Å². The number of nitrogens with zero attached hydrogens (tertiary/aromatic N) is 3. The Bertz CT molecular complexity index is 1160. The summed E-state index contributed by atoms with van der Waals surface area (Å²) in [7, 11) is 0. The molecule has 0 aliphatic carbocycles. The molecule has 0 radical (unpaired) electrons. The number of aromatic nitrogens is 2. The van der Waals surface area contributed by atoms with Gasteiger partial charge in [-0.15, -0.1) is 11.3 Å². The standard InChI is InChI=1S/C23H21ClN4O4S/c24-15-3-1-14(2-4-15)11-27-21(29)19-10-20(18(12-26-19)22-25-6-8-33-22)32-17-5-7-28-16(9-17)13-31-23(28)30/h1-4,6,8,10,12,16-17H,5,7,9,11,13H2,(H,27,29)/t16-,17-/m0/s1. The number of amides is 2. The summed E-state index contributed by atoms with van der Waals surface area (Å²) in [5, 5.41) is 6.17. The van der Waals surface area contributed by atoms with Crippen LogP contribution in [0.5, 0.6) is 5.75 Å². The molecule has 1 N–H and O–H groups in total. The molecule has 2 atom stereocenters. The number of hydrogen-bond acceptors (Lipinski definition) is 7. The van der Waals surface area contributed by atoms with Gasteiger partial charge in [0.25, 0.3) is 5.91 Å². The smallest absolute Gasteiger partial charge is 0.410 e. The first-order chi connectivity index (χ1) is 16.1. The third-order valence-corrected chi connectivity index (χ3v) is 6.78. The minimum atomic E-state index is -0.301. The van der Waals surface area contributed by atoms with E-state index in [0.29, 0.717) is 43.3 Å². The van der Waals surface area contributed by atoms with Crippen molar-refractivity contribution >= 4 is 34.9 Å². The maximum Gasteiger partial charge on any atom is 0.410 e. The molecule has 2 aromatic heterocycles. The maximum absolute atomic E-state index is 12.8. The number of carbonyl (C=O) groups excluding carboxylic acids is 2. The number of benzene rings is 1. The highest BCUT2D eigenvalue weighted by Crippen LogP contribution is 2.34. The van der Waals surface area contributed by atoms with Crippen LogP contribution in [0, 0.1) is 0 Å². The molecular weight excluding hydrogens is 464 g/mol. The van der Waals surface area contributed by atoms with Gasteiger partial charge in [-0.05, 0) is 17.7 Å². The number of fused-ring (bicyclic) bond motifs is 1. The Morgan fingerprint density at radius 1 is 1.30 bits per heavy atom. The van der Waals surface area contributed by atoms with E-state index in [0.717, 1.165) is 16.1 Å². The lowest BCUT2D eigenvalue weighted by Gasteiger charge is -2.32. The van der Waals surface area contributed by atoms with Crippen molar-refractivity contribution in [3.63, 3.8) is 0 Å². The molecule has 8 nitrogen and oxygen atoms in total. The Kier molecular flexibility index (Phi) is 6.15. The second-order valence-electron chi connectivity index (χ2n) is 7.90. The Labute approximate surface area is 199 Å². The molecule has 5 rings (SSSR count). The predicted molar refractivity (Wildman–Crippen MR) is 123 cm³/mol. The van der Waals surface area contributed by atoms with Gasteiger partial charge in [-0.25, -0.2) is 9.78 Å². The molecule has 0 spiro atoms. The van der Waals surface area contributed by atoms with Gasteiger partial charge in [0.15, 0.2) is 0 Å². The Balaban J connectivity index is 1.33. The fraction of sp³-hybridized carbons (Fsp3) is 0.304. The summed E-state index contributed by atoms with van der Waals surface area (Å²) >= 11 is 7.40. The molecule has 2 saturated heterocycles. The van der Waals surface area contributed by atoms with Crippen LogP contribution < -0.4 is 10.1 Å². The van der Waals surface area contributed by atoms with Crippen LogP contribution in [0.4, 0.5) is 4.79 Å². The first-order valence-corrected chi connectivity index (χ1v) is 11.8. The first kappa shape index (κ1) is 21.7. The lowest BCUT2D eigenvalue weighted by molar-refractivity contribution is 0.0915. The number of carbonyl (C=O) groups is 2. The van der Waals surface area contributed by atoms with Crippen LogP contribution in [0.25, 0.3) is 10.6 Å². The zero-order chi connectivity index (χ0) is 22.8. The van der Waals surface area contributed by atoms with E-state index >= 15 is 0 Å². The van der Waals surface area contributed by atoms with E-state index in [2.05, 4.69) is 15.3 Å². The average molecular weight is 485 g/mol. The first-order valence-electron chi connectivity index (χ1n) is 10.6. The minimum Gasteiger partial charge on any atom is -0.489 e. The van der Waals surface area contributed by atoms with Crippen LogP contribution >= 0.6 is 22.9 Å². The van der Waals surface area contributed by atoms with E-state index in [1.807, 2.05) is 17.5 Å². The van der Waals surface area contributed by atoms with Gasteiger partial charge in [-0.2, -0.15) is 0 Å². The number of rotatable bonds is 6. The third-order valence-electron chi connectivity index (χ3n) is 5.72.